The van der Waals surface area contributed by atoms with Gasteiger partial charge in [0.05, 0.1) is 6.33 Å². The van der Waals surface area contributed by atoms with Gasteiger partial charge in [0.25, 0.3) is 10.0 Å². The van der Waals surface area contributed by atoms with Crippen LogP contribution in [0.1, 0.15) is 46.5 Å². The summed E-state index contributed by atoms with van der Waals surface area (Å²) in [6.45, 7) is 7.31. The predicted octanol–water partition coefficient (Wildman–Crippen LogP) is 2.15. The van der Waals surface area contributed by atoms with Crippen molar-refractivity contribution >= 4 is 22.4 Å². The fraction of sp³-hybridized carbons (Fsp3) is 0.800. The standard InChI is InChI=1S/C15H28N4O2S.ClH/c1-12(2)8-19-9-14(17-11-19)22(20,21)18-15(10-16)7-5-4-6-13(15)3;/h9,11-13,18H,4-8,10,16H2,1-3H3;1H. The van der Waals surface area contributed by atoms with Crippen LogP contribution < -0.4 is 10.5 Å². The molecule has 1 aromatic heterocycles. The number of hydrogen-bond acceptors (Lipinski definition) is 4. The minimum Gasteiger partial charge on any atom is -0.336 e. The van der Waals surface area contributed by atoms with Crippen molar-refractivity contribution in [1.29, 1.82) is 0 Å². The van der Waals surface area contributed by atoms with Gasteiger partial charge in [0.2, 0.25) is 0 Å². The van der Waals surface area contributed by atoms with Gasteiger partial charge in [0.15, 0.2) is 5.03 Å². The Morgan fingerprint density at radius 3 is 2.74 bits per heavy atom. The van der Waals surface area contributed by atoms with E-state index in [1.165, 1.54) is 0 Å². The molecule has 1 heterocycles. The van der Waals surface area contributed by atoms with E-state index in [-0.39, 0.29) is 23.4 Å². The van der Waals surface area contributed by atoms with Crippen LogP contribution in [-0.2, 0) is 16.6 Å². The number of nitrogens with one attached hydrogen (secondary N) is 1. The number of rotatable bonds is 6. The molecule has 2 unspecified atom stereocenters. The van der Waals surface area contributed by atoms with Crippen LogP contribution in [-0.4, -0.2) is 30.1 Å². The molecule has 1 saturated carbocycles. The molecule has 23 heavy (non-hydrogen) atoms. The molecular formula is C15H29ClN4O2S. The Morgan fingerprint density at radius 1 is 1.48 bits per heavy atom. The number of imidazole rings is 1. The fourth-order valence-electron chi connectivity index (χ4n) is 3.23. The molecule has 1 aliphatic carbocycles. The normalized spacial score (nSPS) is 25.3. The van der Waals surface area contributed by atoms with Crippen molar-refractivity contribution in [3.05, 3.63) is 12.5 Å². The summed E-state index contributed by atoms with van der Waals surface area (Å²) in [5.41, 5.74) is 5.39. The highest BCUT2D eigenvalue weighted by Gasteiger charge is 2.41. The third-order valence-electron chi connectivity index (χ3n) is 4.62. The van der Waals surface area contributed by atoms with E-state index in [1.54, 1.807) is 12.5 Å². The molecule has 8 heteroatoms. The van der Waals surface area contributed by atoms with E-state index in [0.29, 0.717) is 12.5 Å². The summed E-state index contributed by atoms with van der Waals surface area (Å²) < 4.78 is 30.0. The predicted molar refractivity (Wildman–Crippen MR) is 94.1 cm³/mol. The minimum atomic E-state index is -3.64. The van der Waals surface area contributed by atoms with Crippen molar-refractivity contribution in [1.82, 2.24) is 14.3 Å². The maximum Gasteiger partial charge on any atom is 0.260 e. The van der Waals surface area contributed by atoms with Crippen molar-refractivity contribution in [3.8, 4) is 0 Å². The molecule has 0 spiro atoms. The fourth-order valence-corrected chi connectivity index (χ4v) is 4.72. The smallest absolute Gasteiger partial charge is 0.260 e. The average Bonchev–Trinajstić information content (AvgIpc) is 2.90. The van der Waals surface area contributed by atoms with Gasteiger partial charge < -0.3 is 10.3 Å². The van der Waals surface area contributed by atoms with Crippen molar-refractivity contribution in [2.24, 2.45) is 17.6 Å². The van der Waals surface area contributed by atoms with Crippen molar-refractivity contribution < 1.29 is 8.42 Å². The zero-order valence-corrected chi connectivity index (χ0v) is 15.8. The van der Waals surface area contributed by atoms with Crippen LogP contribution >= 0.6 is 12.4 Å². The molecule has 6 nitrogen and oxygen atoms in total. The highest BCUT2D eigenvalue weighted by Crippen LogP contribution is 2.34. The lowest BCUT2D eigenvalue weighted by Gasteiger charge is -2.42. The summed E-state index contributed by atoms with van der Waals surface area (Å²) in [5.74, 6) is 0.672. The summed E-state index contributed by atoms with van der Waals surface area (Å²) in [7, 11) is -3.64. The highest BCUT2D eigenvalue weighted by molar-refractivity contribution is 7.89. The van der Waals surface area contributed by atoms with Crippen LogP contribution in [0, 0.1) is 11.8 Å². The summed E-state index contributed by atoms with van der Waals surface area (Å²) in [6.07, 6.45) is 7.10. The van der Waals surface area contributed by atoms with Crippen LogP contribution in [0.5, 0.6) is 0 Å². The Hall–Kier alpha value is -0.630. The van der Waals surface area contributed by atoms with Gasteiger partial charge in [-0.25, -0.2) is 18.1 Å². The van der Waals surface area contributed by atoms with E-state index < -0.39 is 15.6 Å². The average molecular weight is 365 g/mol. The first kappa shape index (κ1) is 20.4. The first-order valence-corrected chi connectivity index (χ1v) is 9.53. The summed E-state index contributed by atoms with van der Waals surface area (Å²) in [4.78, 5) is 4.07. The van der Waals surface area contributed by atoms with Gasteiger partial charge in [-0.1, -0.05) is 33.6 Å². The summed E-state index contributed by atoms with van der Waals surface area (Å²) in [5, 5.41) is 0.0822. The van der Waals surface area contributed by atoms with Crippen LogP contribution in [0.3, 0.4) is 0 Å². The van der Waals surface area contributed by atoms with E-state index in [4.69, 9.17) is 5.73 Å². The topological polar surface area (TPSA) is 90.0 Å². The Bertz CT molecular complexity index is 602. The number of sulfonamides is 1. The molecule has 3 N–H and O–H groups in total. The SMILES string of the molecule is CC(C)Cn1cnc(S(=O)(=O)NC2(CN)CCCCC2C)c1.Cl. The zero-order chi connectivity index (χ0) is 16.4. The van der Waals surface area contributed by atoms with Crippen LogP contribution in [0.25, 0.3) is 0 Å². The largest absolute Gasteiger partial charge is 0.336 e. The molecule has 134 valence electrons. The molecule has 1 aliphatic rings. The van der Waals surface area contributed by atoms with E-state index in [9.17, 15) is 8.42 Å². The Morgan fingerprint density at radius 2 is 2.17 bits per heavy atom. The third kappa shape index (κ3) is 4.68. The van der Waals surface area contributed by atoms with Gasteiger partial charge in [-0.3, -0.25) is 0 Å². The molecule has 0 amide bonds. The number of halogens is 1. The monoisotopic (exact) mass is 364 g/mol. The quantitative estimate of drug-likeness (QED) is 0.809. The second-order valence-corrected chi connectivity index (χ2v) is 8.54. The van der Waals surface area contributed by atoms with Crippen molar-refractivity contribution in [3.63, 3.8) is 0 Å². The van der Waals surface area contributed by atoms with Gasteiger partial charge in [-0.15, -0.1) is 12.4 Å². The highest BCUT2D eigenvalue weighted by atomic mass is 35.5. The molecule has 0 saturated heterocycles. The minimum absolute atomic E-state index is 0. The number of nitrogens with zero attached hydrogens (tertiary/aromatic N) is 2. The Kier molecular flexibility index (Phi) is 7.07. The van der Waals surface area contributed by atoms with Gasteiger partial charge in [-0.2, -0.15) is 0 Å². The van der Waals surface area contributed by atoms with Crippen molar-refractivity contribution in [2.45, 2.75) is 63.6 Å². The summed E-state index contributed by atoms with van der Waals surface area (Å²) in [6, 6.07) is 0. The van der Waals surface area contributed by atoms with E-state index in [0.717, 1.165) is 32.2 Å². The van der Waals surface area contributed by atoms with Crippen LogP contribution in [0.15, 0.2) is 17.6 Å². The molecule has 0 radical (unpaired) electrons. The summed E-state index contributed by atoms with van der Waals surface area (Å²) >= 11 is 0. The third-order valence-corrected chi connectivity index (χ3v) is 6.05. The first-order valence-electron chi connectivity index (χ1n) is 8.05. The Labute approximate surface area is 145 Å². The van der Waals surface area contributed by atoms with Gasteiger partial charge in [-0.05, 0) is 24.7 Å². The molecule has 1 aromatic rings. The van der Waals surface area contributed by atoms with Gasteiger partial charge >= 0.3 is 0 Å². The number of nitrogens with two attached hydrogens (primary N) is 1. The maximum atomic E-state index is 12.7. The second-order valence-electron chi connectivity index (χ2n) is 6.92. The molecule has 2 rings (SSSR count). The van der Waals surface area contributed by atoms with Crippen LogP contribution in [0.2, 0.25) is 0 Å². The molecule has 0 aromatic carbocycles. The van der Waals surface area contributed by atoms with E-state index in [1.807, 2.05) is 4.57 Å². The number of hydrogen-bond donors (Lipinski definition) is 2. The van der Waals surface area contributed by atoms with Gasteiger partial charge in [0, 0.05) is 24.8 Å². The lowest BCUT2D eigenvalue weighted by atomic mass is 9.74. The molecular weight excluding hydrogens is 336 g/mol. The first-order chi connectivity index (χ1) is 10.3. The molecule has 2 atom stereocenters. The molecule has 0 bridgehead atoms. The lowest BCUT2D eigenvalue weighted by molar-refractivity contribution is 0.191. The van der Waals surface area contributed by atoms with E-state index >= 15 is 0 Å². The maximum absolute atomic E-state index is 12.7. The molecule has 1 fully saturated rings. The van der Waals surface area contributed by atoms with Crippen molar-refractivity contribution in [2.75, 3.05) is 6.54 Å². The second kappa shape index (κ2) is 7.96. The zero-order valence-electron chi connectivity index (χ0n) is 14.2. The Balaban J connectivity index is 0.00000264. The van der Waals surface area contributed by atoms with Crippen LogP contribution in [0.4, 0.5) is 0 Å². The number of aromatic nitrogens is 2. The lowest BCUT2D eigenvalue weighted by Crippen LogP contribution is -2.59. The van der Waals surface area contributed by atoms with Gasteiger partial charge in [0.1, 0.15) is 0 Å². The molecule has 0 aliphatic heterocycles. The van der Waals surface area contributed by atoms with E-state index in [2.05, 4.69) is 30.5 Å².